The monoisotopic (exact) mass is 446 g/mol. The number of esters is 1. The van der Waals surface area contributed by atoms with E-state index in [1.165, 1.54) is 35.6 Å². The summed E-state index contributed by atoms with van der Waals surface area (Å²) in [7, 11) is -3.45. The molecular weight excluding hydrogens is 424 g/mol. The molecule has 0 spiro atoms. The summed E-state index contributed by atoms with van der Waals surface area (Å²) in [6, 6.07) is 9.71. The van der Waals surface area contributed by atoms with E-state index in [-0.39, 0.29) is 23.6 Å². The molecule has 3 rings (SSSR count). The van der Waals surface area contributed by atoms with Gasteiger partial charge >= 0.3 is 5.97 Å². The van der Waals surface area contributed by atoms with Gasteiger partial charge in [0.05, 0.1) is 21.7 Å². The van der Waals surface area contributed by atoms with Crippen molar-refractivity contribution in [1.29, 1.82) is 0 Å². The van der Waals surface area contributed by atoms with Gasteiger partial charge in [-0.05, 0) is 56.2 Å². The molecule has 30 heavy (non-hydrogen) atoms. The van der Waals surface area contributed by atoms with Crippen LogP contribution in [0.2, 0.25) is 0 Å². The van der Waals surface area contributed by atoms with Gasteiger partial charge in [0, 0.05) is 11.8 Å². The number of aromatic nitrogens is 1. The van der Waals surface area contributed by atoms with Gasteiger partial charge in [0.25, 0.3) is 5.91 Å². The van der Waals surface area contributed by atoms with Gasteiger partial charge in [0.2, 0.25) is 0 Å². The quantitative estimate of drug-likeness (QED) is 0.562. The fraction of sp³-hybridized carbons (Fsp3) is 0.286. The van der Waals surface area contributed by atoms with E-state index in [9.17, 15) is 18.0 Å². The zero-order chi connectivity index (χ0) is 22.1. The van der Waals surface area contributed by atoms with E-state index >= 15 is 0 Å². The van der Waals surface area contributed by atoms with Crippen LogP contribution in [0.15, 0.2) is 46.3 Å². The molecule has 1 heterocycles. The van der Waals surface area contributed by atoms with Crippen LogP contribution >= 0.6 is 11.3 Å². The van der Waals surface area contributed by atoms with Crippen molar-refractivity contribution >= 4 is 43.3 Å². The fourth-order valence-electron chi connectivity index (χ4n) is 3.10. The number of thiazole rings is 1. The van der Waals surface area contributed by atoms with Crippen molar-refractivity contribution in [3.8, 4) is 0 Å². The van der Waals surface area contributed by atoms with Crippen LogP contribution in [0.25, 0.3) is 10.2 Å². The predicted molar refractivity (Wildman–Crippen MR) is 115 cm³/mol. The number of rotatable bonds is 5. The third kappa shape index (κ3) is 4.68. The molecule has 7 nitrogen and oxygen atoms in total. The maximum Gasteiger partial charge on any atom is 0.326 e. The Morgan fingerprint density at radius 1 is 1.17 bits per heavy atom. The van der Waals surface area contributed by atoms with Gasteiger partial charge < -0.3 is 9.30 Å². The lowest BCUT2D eigenvalue weighted by atomic mass is 10.1. The Bertz CT molecular complexity index is 1320. The summed E-state index contributed by atoms with van der Waals surface area (Å²) in [6.45, 7) is 5.82. The van der Waals surface area contributed by atoms with Gasteiger partial charge in [-0.2, -0.15) is 4.99 Å². The largest absolute Gasteiger partial charge is 0.465 e. The Hall–Kier alpha value is -2.78. The third-order valence-electron chi connectivity index (χ3n) is 4.41. The average Bonchev–Trinajstić information content (AvgIpc) is 2.99. The molecular formula is C21H22N2O5S2. The molecule has 1 aromatic heterocycles. The summed E-state index contributed by atoms with van der Waals surface area (Å²) < 4.78 is 31.2. The number of carbonyl (C=O) groups is 2. The van der Waals surface area contributed by atoms with Crippen LogP contribution in [0.3, 0.4) is 0 Å². The fourth-order valence-corrected chi connectivity index (χ4v) is 4.84. The molecule has 1 amide bonds. The van der Waals surface area contributed by atoms with Crippen molar-refractivity contribution in [3.63, 3.8) is 0 Å². The highest BCUT2D eigenvalue weighted by Crippen LogP contribution is 2.23. The lowest BCUT2D eigenvalue weighted by molar-refractivity contribution is -0.143. The molecule has 2 aromatic carbocycles. The van der Waals surface area contributed by atoms with Crippen molar-refractivity contribution in [2.24, 2.45) is 4.99 Å². The lowest BCUT2D eigenvalue weighted by Gasteiger charge is -2.06. The maximum absolute atomic E-state index is 12.8. The van der Waals surface area contributed by atoms with Gasteiger partial charge in [-0.25, -0.2) is 8.42 Å². The first kappa shape index (κ1) is 21.9. The summed E-state index contributed by atoms with van der Waals surface area (Å²) in [5.74, 6) is -1.01. The Morgan fingerprint density at radius 3 is 2.57 bits per heavy atom. The molecule has 0 saturated carbocycles. The summed E-state index contributed by atoms with van der Waals surface area (Å²) in [4.78, 5) is 29.6. The Labute approximate surface area is 178 Å². The Morgan fingerprint density at radius 2 is 1.90 bits per heavy atom. The van der Waals surface area contributed by atoms with Crippen LogP contribution in [0.4, 0.5) is 0 Å². The molecule has 158 valence electrons. The van der Waals surface area contributed by atoms with E-state index in [1.807, 2.05) is 26.0 Å². The van der Waals surface area contributed by atoms with Crippen molar-refractivity contribution in [3.05, 3.63) is 57.9 Å². The smallest absolute Gasteiger partial charge is 0.326 e. The van der Waals surface area contributed by atoms with Gasteiger partial charge in [-0.3, -0.25) is 9.59 Å². The number of amides is 1. The Balaban J connectivity index is 2.17. The van der Waals surface area contributed by atoms with Crippen molar-refractivity contribution < 1.29 is 22.7 Å². The predicted octanol–water partition coefficient (Wildman–Crippen LogP) is 3.03. The molecule has 0 fully saturated rings. The standard InChI is InChI=1S/C21H22N2O5S2/c1-5-28-18(24)12-23-17-10-13(2)9-14(3)19(17)29-21(23)22-20(25)15-7-6-8-16(11-15)30(4,26)27/h6-11H,5,12H2,1-4H3. The Kier molecular flexibility index (Phi) is 6.23. The third-order valence-corrected chi connectivity index (χ3v) is 6.75. The van der Waals surface area contributed by atoms with Crippen molar-refractivity contribution in [2.75, 3.05) is 12.9 Å². The second-order valence-electron chi connectivity index (χ2n) is 6.92. The van der Waals surface area contributed by atoms with E-state index in [2.05, 4.69) is 4.99 Å². The molecule has 3 aromatic rings. The number of nitrogens with zero attached hydrogens (tertiary/aromatic N) is 2. The summed E-state index contributed by atoms with van der Waals surface area (Å²) in [5.41, 5.74) is 2.99. The SMILES string of the molecule is CCOC(=O)Cn1c(=NC(=O)c2cccc(S(C)(=O)=O)c2)sc2c(C)cc(C)cc21. The molecule has 0 aliphatic heterocycles. The van der Waals surface area contributed by atoms with Crippen LogP contribution < -0.4 is 4.80 Å². The van der Waals surface area contributed by atoms with E-state index in [4.69, 9.17) is 4.74 Å². The van der Waals surface area contributed by atoms with Crippen molar-refractivity contribution in [2.45, 2.75) is 32.2 Å². The van der Waals surface area contributed by atoms with Gasteiger partial charge in [-0.15, -0.1) is 0 Å². The second kappa shape index (κ2) is 8.53. The number of hydrogen-bond donors (Lipinski definition) is 0. The number of fused-ring (bicyclic) bond motifs is 1. The minimum Gasteiger partial charge on any atom is -0.465 e. The molecule has 0 atom stereocenters. The maximum atomic E-state index is 12.8. The highest BCUT2D eigenvalue weighted by molar-refractivity contribution is 7.90. The average molecular weight is 447 g/mol. The molecule has 9 heteroatoms. The number of carbonyl (C=O) groups excluding carboxylic acids is 2. The van der Waals surface area contributed by atoms with E-state index in [1.54, 1.807) is 11.5 Å². The molecule has 0 bridgehead atoms. The molecule has 0 aliphatic carbocycles. The van der Waals surface area contributed by atoms with Gasteiger partial charge in [0.1, 0.15) is 6.54 Å². The number of ether oxygens (including phenoxy) is 1. The van der Waals surface area contributed by atoms with Gasteiger partial charge in [0.15, 0.2) is 14.6 Å². The van der Waals surface area contributed by atoms with Crippen LogP contribution in [-0.2, 0) is 25.9 Å². The zero-order valence-corrected chi connectivity index (χ0v) is 18.8. The molecule has 0 radical (unpaired) electrons. The first-order chi connectivity index (χ1) is 14.1. The highest BCUT2D eigenvalue weighted by Gasteiger charge is 2.16. The molecule has 0 aliphatic rings. The van der Waals surface area contributed by atoms with E-state index in [0.717, 1.165) is 27.6 Å². The lowest BCUT2D eigenvalue weighted by Crippen LogP contribution is -2.23. The number of benzene rings is 2. The molecule has 0 saturated heterocycles. The summed E-state index contributed by atoms with van der Waals surface area (Å²) >= 11 is 1.30. The normalized spacial score (nSPS) is 12.3. The highest BCUT2D eigenvalue weighted by atomic mass is 32.2. The van der Waals surface area contributed by atoms with Crippen LogP contribution in [-0.4, -0.2) is 37.7 Å². The van der Waals surface area contributed by atoms with E-state index in [0.29, 0.717) is 4.80 Å². The topological polar surface area (TPSA) is 94.8 Å². The molecule has 0 N–H and O–H groups in total. The van der Waals surface area contributed by atoms with Crippen molar-refractivity contribution in [1.82, 2.24) is 4.57 Å². The summed E-state index contributed by atoms with van der Waals surface area (Å²) in [6.07, 6.45) is 1.08. The van der Waals surface area contributed by atoms with Crippen LogP contribution in [0, 0.1) is 13.8 Å². The number of hydrogen-bond acceptors (Lipinski definition) is 6. The minimum atomic E-state index is -3.45. The first-order valence-corrected chi connectivity index (χ1v) is 12.0. The number of sulfone groups is 1. The number of aryl methyl sites for hydroxylation is 2. The minimum absolute atomic E-state index is 0.0470. The van der Waals surface area contributed by atoms with Gasteiger partial charge in [-0.1, -0.05) is 23.5 Å². The second-order valence-corrected chi connectivity index (χ2v) is 9.92. The van der Waals surface area contributed by atoms with Crippen LogP contribution in [0.1, 0.15) is 28.4 Å². The summed E-state index contributed by atoms with van der Waals surface area (Å²) in [5, 5.41) is 0. The zero-order valence-electron chi connectivity index (χ0n) is 17.1. The van der Waals surface area contributed by atoms with E-state index < -0.39 is 21.7 Å². The molecule has 0 unspecified atom stereocenters. The first-order valence-electron chi connectivity index (χ1n) is 9.25. The van der Waals surface area contributed by atoms with Crippen LogP contribution in [0.5, 0.6) is 0 Å².